The summed E-state index contributed by atoms with van der Waals surface area (Å²) in [5, 5.41) is 7.13. The summed E-state index contributed by atoms with van der Waals surface area (Å²) in [4.78, 5) is 11.6. The Hall–Kier alpha value is -0.220. The van der Waals surface area contributed by atoms with Gasteiger partial charge in [0.25, 0.3) is 0 Å². The quantitative estimate of drug-likeness (QED) is 0.748. The van der Waals surface area contributed by atoms with Gasteiger partial charge in [-0.25, -0.2) is 0 Å². The molecular weight excluding hydrogens is 220 g/mol. The van der Waals surface area contributed by atoms with Crippen molar-refractivity contribution in [3.05, 3.63) is 0 Å². The van der Waals surface area contributed by atoms with Crippen molar-refractivity contribution >= 4 is 17.7 Å². The summed E-state index contributed by atoms with van der Waals surface area (Å²) in [7, 11) is 0. The van der Waals surface area contributed by atoms with E-state index >= 15 is 0 Å². The van der Waals surface area contributed by atoms with Crippen LogP contribution in [0.5, 0.6) is 0 Å². The molecule has 0 radical (unpaired) electrons. The third-order valence-electron chi connectivity index (χ3n) is 2.99. The molecule has 0 spiro atoms. The molecule has 0 heterocycles. The molecule has 0 saturated heterocycles. The van der Waals surface area contributed by atoms with E-state index in [1.807, 2.05) is 11.8 Å². The number of thioether (sulfide) groups is 1. The molecule has 2 N–H and O–H groups in total. The maximum absolute atomic E-state index is 11.6. The maximum Gasteiger partial charge on any atom is 0.221 e. The number of hydrogen-bond donors (Lipinski definition) is 2. The first-order chi connectivity index (χ1) is 7.61. The van der Waals surface area contributed by atoms with E-state index in [2.05, 4.69) is 30.7 Å². The van der Waals surface area contributed by atoms with Gasteiger partial charge < -0.3 is 10.6 Å². The first-order valence-corrected chi connectivity index (χ1v) is 7.46. The Morgan fingerprint density at radius 2 is 2.19 bits per heavy atom. The molecular formula is C12H24N2OS. The molecule has 4 heteroatoms. The Morgan fingerprint density at radius 1 is 1.44 bits per heavy atom. The number of carbonyl (C=O) groups excluding carboxylic acids is 1. The predicted molar refractivity (Wildman–Crippen MR) is 70.8 cm³/mol. The summed E-state index contributed by atoms with van der Waals surface area (Å²) in [6, 6.07) is 0.879. The van der Waals surface area contributed by atoms with Gasteiger partial charge in [0.2, 0.25) is 5.91 Å². The highest BCUT2D eigenvalue weighted by Gasteiger charge is 2.24. The van der Waals surface area contributed by atoms with Gasteiger partial charge in [-0.15, -0.1) is 0 Å². The Morgan fingerprint density at radius 3 is 2.75 bits per heavy atom. The molecule has 3 nitrogen and oxygen atoms in total. The van der Waals surface area contributed by atoms with Gasteiger partial charge in [-0.3, -0.25) is 4.79 Å². The van der Waals surface area contributed by atoms with Gasteiger partial charge >= 0.3 is 0 Å². The molecule has 0 aromatic rings. The largest absolute Gasteiger partial charge is 0.353 e. The van der Waals surface area contributed by atoms with Crippen LogP contribution in [0.2, 0.25) is 0 Å². The first-order valence-electron chi connectivity index (χ1n) is 6.17. The summed E-state index contributed by atoms with van der Waals surface area (Å²) in [6.45, 7) is 4.97. The van der Waals surface area contributed by atoms with E-state index in [0.717, 1.165) is 24.6 Å². The van der Waals surface area contributed by atoms with Crippen LogP contribution in [-0.2, 0) is 4.79 Å². The van der Waals surface area contributed by atoms with E-state index in [0.29, 0.717) is 18.5 Å². The predicted octanol–water partition coefficient (Wildman–Crippen LogP) is 1.77. The zero-order valence-corrected chi connectivity index (χ0v) is 11.4. The SMILES string of the molecule is CSC1CCC(NC(=O)CCNC(C)C)C1. The molecule has 2 unspecified atom stereocenters. The number of rotatable bonds is 6. The highest BCUT2D eigenvalue weighted by Crippen LogP contribution is 2.28. The summed E-state index contributed by atoms with van der Waals surface area (Å²) >= 11 is 1.92. The molecule has 1 aliphatic carbocycles. The van der Waals surface area contributed by atoms with Crippen molar-refractivity contribution in [1.29, 1.82) is 0 Å². The zero-order chi connectivity index (χ0) is 12.0. The monoisotopic (exact) mass is 244 g/mol. The van der Waals surface area contributed by atoms with E-state index in [1.54, 1.807) is 0 Å². The van der Waals surface area contributed by atoms with Crippen LogP contribution in [0.3, 0.4) is 0 Å². The molecule has 0 aromatic heterocycles. The lowest BCUT2D eigenvalue weighted by Gasteiger charge is -2.13. The lowest BCUT2D eigenvalue weighted by atomic mass is 10.2. The molecule has 16 heavy (non-hydrogen) atoms. The Labute approximate surface area is 103 Å². The summed E-state index contributed by atoms with van der Waals surface area (Å²) in [5.74, 6) is 0.194. The minimum atomic E-state index is 0.194. The smallest absolute Gasteiger partial charge is 0.221 e. The fourth-order valence-electron chi connectivity index (χ4n) is 2.06. The second-order valence-electron chi connectivity index (χ2n) is 4.79. The highest BCUT2D eigenvalue weighted by molar-refractivity contribution is 7.99. The molecule has 0 bridgehead atoms. The van der Waals surface area contributed by atoms with E-state index < -0.39 is 0 Å². The van der Waals surface area contributed by atoms with Crippen LogP contribution >= 0.6 is 11.8 Å². The summed E-state index contributed by atoms with van der Waals surface area (Å²) < 4.78 is 0. The Balaban J connectivity index is 2.10. The third kappa shape index (κ3) is 5.21. The van der Waals surface area contributed by atoms with Crippen LogP contribution in [0.4, 0.5) is 0 Å². The lowest BCUT2D eigenvalue weighted by molar-refractivity contribution is -0.121. The van der Waals surface area contributed by atoms with Crippen LogP contribution in [0.1, 0.15) is 39.5 Å². The molecule has 0 aromatic carbocycles. The van der Waals surface area contributed by atoms with Gasteiger partial charge in [-0.1, -0.05) is 13.8 Å². The molecule has 1 fully saturated rings. The topological polar surface area (TPSA) is 41.1 Å². The van der Waals surface area contributed by atoms with Crippen molar-refractivity contribution in [2.24, 2.45) is 0 Å². The lowest BCUT2D eigenvalue weighted by Crippen LogP contribution is -2.35. The van der Waals surface area contributed by atoms with Gasteiger partial charge in [-0.05, 0) is 25.5 Å². The number of amides is 1. The first kappa shape index (κ1) is 13.8. The second kappa shape index (κ2) is 7.17. The van der Waals surface area contributed by atoms with Crippen LogP contribution < -0.4 is 10.6 Å². The van der Waals surface area contributed by atoms with Gasteiger partial charge in [0.05, 0.1) is 0 Å². The second-order valence-corrected chi connectivity index (χ2v) is 5.93. The molecule has 2 atom stereocenters. The van der Waals surface area contributed by atoms with Crippen LogP contribution in [0, 0.1) is 0 Å². The average molecular weight is 244 g/mol. The van der Waals surface area contributed by atoms with Gasteiger partial charge in [0.15, 0.2) is 0 Å². The normalized spacial score (nSPS) is 25.0. The number of nitrogens with one attached hydrogen (secondary N) is 2. The molecule has 94 valence electrons. The van der Waals surface area contributed by atoms with E-state index in [9.17, 15) is 4.79 Å². The fourth-order valence-corrected chi connectivity index (χ4v) is 2.86. The van der Waals surface area contributed by atoms with Crippen molar-refractivity contribution in [3.63, 3.8) is 0 Å². The number of hydrogen-bond acceptors (Lipinski definition) is 3. The standard InChI is InChI=1S/C12H24N2OS/c1-9(2)13-7-6-12(15)14-10-4-5-11(8-10)16-3/h9-11,13H,4-8H2,1-3H3,(H,14,15). The van der Waals surface area contributed by atoms with Crippen molar-refractivity contribution in [1.82, 2.24) is 10.6 Å². The van der Waals surface area contributed by atoms with Crippen LogP contribution in [0.25, 0.3) is 0 Å². The molecule has 1 amide bonds. The molecule has 1 saturated carbocycles. The summed E-state index contributed by atoms with van der Waals surface area (Å²) in [6.07, 6.45) is 6.29. The van der Waals surface area contributed by atoms with Crippen molar-refractivity contribution in [2.75, 3.05) is 12.8 Å². The minimum Gasteiger partial charge on any atom is -0.353 e. The maximum atomic E-state index is 11.6. The van der Waals surface area contributed by atoms with E-state index in [1.165, 1.54) is 6.42 Å². The zero-order valence-electron chi connectivity index (χ0n) is 10.6. The van der Waals surface area contributed by atoms with Crippen LogP contribution in [-0.4, -0.2) is 36.0 Å². The van der Waals surface area contributed by atoms with E-state index in [-0.39, 0.29) is 5.91 Å². The van der Waals surface area contributed by atoms with Crippen LogP contribution in [0.15, 0.2) is 0 Å². The molecule has 0 aliphatic heterocycles. The molecule has 1 rings (SSSR count). The molecule has 1 aliphatic rings. The highest BCUT2D eigenvalue weighted by atomic mass is 32.2. The van der Waals surface area contributed by atoms with Gasteiger partial charge in [0, 0.05) is 30.3 Å². The third-order valence-corrected chi connectivity index (χ3v) is 4.08. The minimum absolute atomic E-state index is 0.194. The fraction of sp³-hybridized carbons (Fsp3) is 0.917. The van der Waals surface area contributed by atoms with Crippen molar-refractivity contribution in [3.8, 4) is 0 Å². The van der Waals surface area contributed by atoms with Crippen molar-refractivity contribution < 1.29 is 4.79 Å². The summed E-state index contributed by atoms with van der Waals surface area (Å²) in [5.41, 5.74) is 0. The van der Waals surface area contributed by atoms with Crippen molar-refractivity contribution in [2.45, 2.75) is 56.9 Å². The van der Waals surface area contributed by atoms with Gasteiger partial charge in [-0.2, -0.15) is 11.8 Å². The Kier molecular flexibility index (Phi) is 6.21. The number of carbonyl (C=O) groups is 1. The van der Waals surface area contributed by atoms with Gasteiger partial charge in [0.1, 0.15) is 0 Å². The average Bonchev–Trinajstić information content (AvgIpc) is 2.65. The Bertz CT molecular complexity index is 221. The van der Waals surface area contributed by atoms with E-state index in [4.69, 9.17) is 0 Å².